The van der Waals surface area contributed by atoms with Crippen molar-refractivity contribution in [3.8, 4) is 5.75 Å². The molecular weight excluding hydrogens is 188 g/mol. The highest BCUT2D eigenvalue weighted by Crippen LogP contribution is 2.18. The van der Waals surface area contributed by atoms with Gasteiger partial charge in [-0.15, -0.1) is 0 Å². The van der Waals surface area contributed by atoms with E-state index >= 15 is 0 Å². The van der Waals surface area contributed by atoms with Gasteiger partial charge in [0.15, 0.2) is 0 Å². The third kappa shape index (κ3) is 2.74. The summed E-state index contributed by atoms with van der Waals surface area (Å²) in [6.07, 6.45) is 0.270. The second kappa shape index (κ2) is 4.28. The van der Waals surface area contributed by atoms with E-state index in [0.717, 1.165) is 16.9 Å². The molecule has 0 saturated carbocycles. The molecule has 0 amide bonds. The first kappa shape index (κ1) is 10.1. The number of rotatable bonds is 3. The molecule has 0 fully saturated rings. The maximum atomic E-state index is 10.6. The lowest BCUT2D eigenvalue weighted by Crippen LogP contribution is -1.95. The Bertz CT molecular complexity index is 321. The van der Waals surface area contributed by atoms with E-state index in [-0.39, 0.29) is 11.7 Å². The van der Waals surface area contributed by atoms with Crippen molar-refractivity contribution in [3.63, 3.8) is 0 Å². The van der Waals surface area contributed by atoms with Crippen LogP contribution in [0, 0.1) is 6.92 Å². The van der Waals surface area contributed by atoms with Crippen LogP contribution in [-0.4, -0.2) is 12.4 Å². The summed E-state index contributed by atoms with van der Waals surface area (Å²) in [5, 5.41) is -0.343. The maximum Gasteiger partial charge on any atom is 0.226 e. The van der Waals surface area contributed by atoms with E-state index in [4.69, 9.17) is 16.3 Å². The number of carbonyl (C=O) groups excluding carboxylic acids is 1. The van der Waals surface area contributed by atoms with Crippen molar-refractivity contribution in [1.29, 1.82) is 0 Å². The van der Waals surface area contributed by atoms with Gasteiger partial charge in [0.1, 0.15) is 5.75 Å². The number of hydrogen-bond acceptors (Lipinski definition) is 2. The molecule has 1 rings (SSSR count). The van der Waals surface area contributed by atoms with Crippen LogP contribution in [0.1, 0.15) is 11.1 Å². The quantitative estimate of drug-likeness (QED) is 0.697. The fourth-order valence-electron chi connectivity index (χ4n) is 1.21. The van der Waals surface area contributed by atoms with Crippen LogP contribution in [0.25, 0.3) is 0 Å². The van der Waals surface area contributed by atoms with Crippen LogP contribution in [0.4, 0.5) is 0 Å². The summed E-state index contributed by atoms with van der Waals surface area (Å²) >= 11 is 5.27. The molecule has 0 saturated heterocycles. The number of methoxy groups -OCH3 is 1. The Balaban J connectivity index is 2.89. The number of halogens is 1. The molecule has 0 aromatic heterocycles. The molecule has 0 unspecified atom stereocenters. The van der Waals surface area contributed by atoms with Gasteiger partial charge in [0, 0.05) is 6.42 Å². The summed E-state index contributed by atoms with van der Waals surface area (Å²) in [5.41, 5.74) is 1.93. The Morgan fingerprint density at radius 3 is 2.69 bits per heavy atom. The molecule has 70 valence electrons. The smallest absolute Gasteiger partial charge is 0.226 e. The van der Waals surface area contributed by atoms with Gasteiger partial charge in [-0.3, -0.25) is 4.79 Å². The van der Waals surface area contributed by atoms with Gasteiger partial charge in [0.25, 0.3) is 0 Å². The zero-order valence-corrected chi connectivity index (χ0v) is 8.39. The van der Waals surface area contributed by atoms with E-state index < -0.39 is 0 Å². The van der Waals surface area contributed by atoms with Crippen molar-refractivity contribution in [2.45, 2.75) is 13.3 Å². The van der Waals surface area contributed by atoms with Crippen molar-refractivity contribution >= 4 is 16.8 Å². The highest BCUT2D eigenvalue weighted by molar-refractivity contribution is 6.63. The highest BCUT2D eigenvalue weighted by atomic mass is 35.5. The van der Waals surface area contributed by atoms with Gasteiger partial charge in [-0.25, -0.2) is 0 Å². The summed E-state index contributed by atoms with van der Waals surface area (Å²) in [6, 6.07) is 5.58. The summed E-state index contributed by atoms with van der Waals surface area (Å²) < 4.78 is 5.09. The van der Waals surface area contributed by atoms with Crippen molar-refractivity contribution in [3.05, 3.63) is 29.3 Å². The lowest BCUT2D eigenvalue weighted by Gasteiger charge is -2.05. The summed E-state index contributed by atoms with van der Waals surface area (Å²) in [7, 11) is 1.62. The molecule has 0 radical (unpaired) electrons. The number of hydrogen-bond donors (Lipinski definition) is 0. The van der Waals surface area contributed by atoms with Gasteiger partial charge in [-0.2, -0.15) is 0 Å². The second-order valence-electron chi connectivity index (χ2n) is 2.84. The highest BCUT2D eigenvalue weighted by Gasteiger charge is 2.02. The van der Waals surface area contributed by atoms with E-state index in [1.807, 2.05) is 25.1 Å². The predicted molar refractivity (Wildman–Crippen MR) is 52.3 cm³/mol. The van der Waals surface area contributed by atoms with Gasteiger partial charge in [-0.05, 0) is 35.7 Å². The molecule has 0 heterocycles. The zero-order chi connectivity index (χ0) is 9.84. The van der Waals surface area contributed by atoms with Gasteiger partial charge < -0.3 is 4.74 Å². The van der Waals surface area contributed by atoms with E-state index in [9.17, 15) is 4.79 Å². The molecule has 0 spiro atoms. The SMILES string of the molecule is COc1ccc(CC(=O)Cl)cc1C. The van der Waals surface area contributed by atoms with Crippen LogP contribution in [0.3, 0.4) is 0 Å². The lowest BCUT2D eigenvalue weighted by molar-refractivity contribution is -0.111. The Labute approximate surface area is 82.5 Å². The summed E-state index contributed by atoms with van der Waals surface area (Å²) in [4.78, 5) is 10.6. The normalized spacial score (nSPS) is 9.77. The molecule has 1 aromatic rings. The minimum absolute atomic E-state index is 0.270. The average molecular weight is 199 g/mol. The third-order valence-electron chi connectivity index (χ3n) is 1.80. The maximum absolute atomic E-state index is 10.6. The molecule has 0 aliphatic heterocycles. The minimum atomic E-state index is -0.343. The third-order valence-corrected chi connectivity index (χ3v) is 1.94. The van der Waals surface area contributed by atoms with Crippen LogP contribution < -0.4 is 4.74 Å². The number of ether oxygens (including phenoxy) is 1. The molecular formula is C10H11ClO2. The van der Waals surface area contributed by atoms with Gasteiger partial charge in [0.05, 0.1) is 7.11 Å². The first-order valence-electron chi connectivity index (χ1n) is 3.95. The number of benzene rings is 1. The zero-order valence-electron chi connectivity index (χ0n) is 7.63. The van der Waals surface area contributed by atoms with Gasteiger partial charge in [-0.1, -0.05) is 12.1 Å². The van der Waals surface area contributed by atoms with E-state index in [0.29, 0.717) is 0 Å². The lowest BCUT2D eigenvalue weighted by atomic mass is 10.1. The summed E-state index contributed by atoms with van der Waals surface area (Å²) in [6.45, 7) is 1.93. The van der Waals surface area contributed by atoms with Crippen molar-refractivity contribution < 1.29 is 9.53 Å². The van der Waals surface area contributed by atoms with Crippen molar-refractivity contribution in [2.24, 2.45) is 0 Å². The van der Waals surface area contributed by atoms with E-state index in [1.54, 1.807) is 7.11 Å². The Morgan fingerprint density at radius 1 is 1.54 bits per heavy atom. The topological polar surface area (TPSA) is 26.3 Å². The first-order chi connectivity index (χ1) is 6.13. The Morgan fingerprint density at radius 2 is 2.23 bits per heavy atom. The van der Waals surface area contributed by atoms with Crippen molar-refractivity contribution in [1.82, 2.24) is 0 Å². The second-order valence-corrected chi connectivity index (χ2v) is 3.26. The average Bonchev–Trinajstić information content (AvgIpc) is 2.03. The largest absolute Gasteiger partial charge is 0.496 e. The monoisotopic (exact) mass is 198 g/mol. The molecule has 0 aliphatic rings. The van der Waals surface area contributed by atoms with Crippen LogP contribution >= 0.6 is 11.6 Å². The minimum Gasteiger partial charge on any atom is -0.496 e. The fourth-order valence-corrected chi connectivity index (χ4v) is 1.37. The molecule has 3 heteroatoms. The molecule has 0 N–H and O–H groups in total. The predicted octanol–water partition coefficient (Wildman–Crippen LogP) is 2.31. The van der Waals surface area contributed by atoms with Gasteiger partial charge >= 0.3 is 0 Å². The Hall–Kier alpha value is -1.02. The molecule has 0 atom stereocenters. The molecule has 0 aliphatic carbocycles. The van der Waals surface area contributed by atoms with Crippen molar-refractivity contribution in [2.75, 3.05) is 7.11 Å². The number of carbonyl (C=O) groups is 1. The molecule has 0 bridgehead atoms. The van der Waals surface area contributed by atoms with E-state index in [1.165, 1.54) is 0 Å². The van der Waals surface area contributed by atoms with Crippen LogP contribution in [-0.2, 0) is 11.2 Å². The van der Waals surface area contributed by atoms with Crippen LogP contribution in [0.5, 0.6) is 5.75 Å². The molecule has 13 heavy (non-hydrogen) atoms. The Kier molecular flexibility index (Phi) is 3.32. The fraction of sp³-hybridized carbons (Fsp3) is 0.300. The van der Waals surface area contributed by atoms with Crippen LogP contribution in [0.15, 0.2) is 18.2 Å². The molecule has 1 aromatic carbocycles. The first-order valence-corrected chi connectivity index (χ1v) is 4.33. The van der Waals surface area contributed by atoms with Crippen LogP contribution in [0.2, 0.25) is 0 Å². The standard InChI is InChI=1S/C10H11ClO2/c1-7-5-8(6-10(11)12)3-4-9(7)13-2/h3-5H,6H2,1-2H3. The number of aryl methyl sites for hydroxylation is 1. The van der Waals surface area contributed by atoms with Gasteiger partial charge in [0.2, 0.25) is 5.24 Å². The summed E-state index contributed by atoms with van der Waals surface area (Å²) in [5.74, 6) is 0.825. The molecule has 2 nitrogen and oxygen atoms in total. The van der Waals surface area contributed by atoms with E-state index in [2.05, 4.69) is 0 Å².